The van der Waals surface area contributed by atoms with E-state index in [4.69, 9.17) is 4.99 Å². The number of nitrogens with zero attached hydrogens (tertiary/aromatic N) is 2. The number of likely N-dealkylation sites (tertiary alicyclic amines) is 1. The van der Waals surface area contributed by atoms with Gasteiger partial charge in [-0.3, -0.25) is 9.79 Å². The highest BCUT2D eigenvalue weighted by Crippen LogP contribution is 2.18. The number of nitrogens with one attached hydrogen (secondary N) is 2. The number of amides is 1. The van der Waals surface area contributed by atoms with Crippen molar-refractivity contribution >= 4 is 23.2 Å². The van der Waals surface area contributed by atoms with Crippen molar-refractivity contribution in [2.75, 3.05) is 32.7 Å². The highest BCUT2D eigenvalue weighted by atomic mass is 32.1. The standard InChI is InChI=1S/C19H32N4OS/c1-3-20-19(22-14-16(2)17-9-13-25-15-17)21-10-7-12-23-11-6-4-5-8-18(23)24/h9,13,15-16H,3-8,10-12,14H2,1-2H3,(H2,20,21,22). The zero-order valence-electron chi connectivity index (χ0n) is 15.6. The predicted molar refractivity (Wildman–Crippen MR) is 106 cm³/mol. The molecule has 2 heterocycles. The maximum Gasteiger partial charge on any atom is 0.222 e. The molecule has 1 fully saturated rings. The summed E-state index contributed by atoms with van der Waals surface area (Å²) in [4.78, 5) is 18.7. The second kappa shape index (κ2) is 11.1. The Kier molecular flexibility index (Phi) is 8.80. The third kappa shape index (κ3) is 7.06. The lowest BCUT2D eigenvalue weighted by molar-refractivity contribution is -0.130. The number of carbonyl (C=O) groups is 1. The predicted octanol–water partition coefficient (Wildman–Crippen LogP) is 3.20. The Morgan fingerprint density at radius 1 is 1.36 bits per heavy atom. The van der Waals surface area contributed by atoms with Crippen molar-refractivity contribution in [1.82, 2.24) is 15.5 Å². The molecule has 1 saturated heterocycles. The Morgan fingerprint density at radius 2 is 2.24 bits per heavy atom. The van der Waals surface area contributed by atoms with Gasteiger partial charge in [-0.15, -0.1) is 0 Å². The highest BCUT2D eigenvalue weighted by Gasteiger charge is 2.15. The summed E-state index contributed by atoms with van der Waals surface area (Å²) in [7, 11) is 0. The van der Waals surface area contributed by atoms with E-state index in [1.807, 2.05) is 4.90 Å². The first-order chi connectivity index (χ1) is 12.2. The second-order valence-electron chi connectivity index (χ2n) is 6.65. The molecule has 1 aliphatic rings. The largest absolute Gasteiger partial charge is 0.357 e. The summed E-state index contributed by atoms with van der Waals surface area (Å²) in [5.41, 5.74) is 1.35. The van der Waals surface area contributed by atoms with Crippen LogP contribution in [0.2, 0.25) is 0 Å². The normalized spacial score (nSPS) is 17.3. The number of carbonyl (C=O) groups excluding carboxylic acids is 1. The molecule has 1 amide bonds. The lowest BCUT2D eigenvalue weighted by atomic mass is 10.1. The summed E-state index contributed by atoms with van der Waals surface area (Å²) in [6, 6.07) is 2.17. The number of aliphatic imine (C=N–C) groups is 1. The molecular weight excluding hydrogens is 332 g/mol. The first-order valence-corrected chi connectivity index (χ1v) is 10.5. The average molecular weight is 365 g/mol. The van der Waals surface area contributed by atoms with Crippen LogP contribution in [0.1, 0.15) is 57.4 Å². The molecule has 0 bridgehead atoms. The molecule has 1 aromatic heterocycles. The molecule has 0 saturated carbocycles. The van der Waals surface area contributed by atoms with Crippen molar-refractivity contribution in [1.29, 1.82) is 0 Å². The van der Waals surface area contributed by atoms with Crippen LogP contribution >= 0.6 is 11.3 Å². The van der Waals surface area contributed by atoms with E-state index >= 15 is 0 Å². The fraction of sp³-hybridized carbons (Fsp3) is 0.684. The summed E-state index contributed by atoms with van der Waals surface area (Å²) < 4.78 is 0. The minimum Gasteiger partial charge on any atom is -0.357 e. The average Bonchev–Trinajstić information content (AvgIpc) is 3.07. The van der Waals surface area contributed by atoms with Crippen LogP contribution in [0.3, 0.4) is 0 Å². The summed E-state index contributed by atoms with van der Waals surface area (Å²) in [5.74, 6) is 1.62. The van der Waals surface area contributed by atoms with Crippen molar-refractivity contribution in [3.63, 3.8) is 0 Å². The number of guanidine groups is 1. The van der Waals surface area contributed by atoms with Gasteiger partial charge in [0.1, 0.15) is 0 Å². The molecule has 1 aliphatic heterocycles. The van der Waals surface area contributed by atoms with E-state index in [9.17, 15) is 4.79 Å². The Labute approximate surface area is 155 Å². The highest BCUT2D eigenvalue weighted by molar-refractivity contribution is 7.07. The maximum atomic E-state index is 12.0. The molecule has 6 heteroatoms. The third-order valence-corrected chi connectivity index (χ3v) is 5.25. The fourth-order valence-electron chi connectivity index (χ4n) is 2.98. The molecule has 0 aliphatic carbocycles. The van der Waals surface area contributed by atoms with Crippen molar-refractivity contribution in [3.8, 4) is 0 Å². The minimum absolute atomic E-state index is 0.322. The van der Waals surface area contributed by atoms with Gasteiger partial charge in [-0.25, -0.2) is 0 Å². The smallest absolute Gasteiger partial charge is 0.222 e. The van der Waals surface area contributed by atoms with Crippen LogP contribution in [-0.4, -0.2) is 49.5 Å². The van der Waals surface area contributed by atoms with E-state index in [0.717, 1.165) is 64.4 Å². The zero-order chi connectivity index (χ0) is 17.9. The van der Waals surface area contributed by atoms with Crippen LogP contribution in [-0.2, 0) is 4.79 Å². The molecule has 0 aromatic carbocycles. The summed E-state index contributed by atoms with van der Waals surface area (Å²) in [5, 5.41) is 11.0. The SMILES string of the molecule is CCNC(=NCC(C)c1ccsc1)NCCCN1CCCCCC1=O. The van der Waals surface area contributed by atoms with E-state index in [2.05, 4.69) is 41.3 Å². The maximum absolute atomic E-state index is 12.0. The van der Waals surface area contributed by atoms with Crippen LogP contribution < -0.4 is 10.6 Å². The Morgan fingerprint density at radius 3 is 3.00 bits per heavy atom. The Balaban J connectivity index is 1.73. The van der Waals surface area contributed by atoms with Gasteiger partial charge in [0.15, 0.2) is 5.96 Å². The quantitative estimate of drug-likeness (QED) is 0.423. The number of hydrogen-bond acceptors (Lipinski definition) is 3. The van der Waals surface area contributed by atoms with Crippen LogP contribution in [0.25, 0.3) is 0 Å². The Hall–Kier alpha value is -1.56. The fourth-order valence-corrected chi connectivity index (χ4v) is 3.76. The minimum atomic E-state index is 0.322. The van der Waals surface area contributed by atoms with Crippen molar-refractivity contribution in [2.24, 2.45) is 4.99 Å². The van der Waals surface area contributed by atoms with E-state index in [0.29, 0.717) is 11.8 Å². The number of rotatable bonds is 8. The molecule has 0 spiro atoms. The molecule has 1 aromatic rings. The van der Waals surface area contributed by atoms with Gasteiger partial charge in [0, 0.05) is 45.1 Å². The van der Waals surface area contributed by atoms with Gasteiger partial charge in [-0.05, 0) is 48.6 Å². The van der Waals surface area contributed by atoms with E-state index in [-0.39, 0.29) is 0 Å². The first kappa shape index (κ1) is 19.8. The summed E-state index contributed by atoms with van der Waals surface area (Å²) >= 11 is 1.73. The van der Waals surface area contributed by atoms with E-state index in [1.54, 1.807) is 11.3 Å². The van der Waals surface area contributed by atoms with Crippen LogP contribution in [0, 0.1) is 0 Å². The molecule has 1 atom stereocenters. The first-order valence-electron chi connectivity index (χ1n) is 9.52. The molecule has 0 radical (unpaired) electrons. The summed E-state index contributed by atoms with van der Waals surface area (Å²) in [6.45, 7) is 8.51. The lowest BCUT2D eigenvalue weighted by Gasteiger charge is -2.21. The van der Waals surface area contributed by atoms with Gasteiger partial charge in [0.25, 0.3) is 0 Å². The van der Waals surface area contributed by atoms with Gasteiger partial charge in [0.2, 0.25) is 5.91 Å². The lowest BCUT2D eigenvalue weighted by Crippen LogP contribution is -2.39. The molecule has 1 unspecified atom stereocenters. The van der Waals surface area contributed by atoms with Gasteiger partial charge < -0.3 is 15.5 Å². The topological polar surface area (TPSA) is 56.7 Å². The molecule has 25 heavy (non-hydrogen) atoms. The molecule has 2 N–H and O–H groups in total. The molecular formula is C19H32N4OS. The van der Waals surface area contributed by atoms with Gasteiger partial charge in [0.05, 0.1) is 0 Å². The van der Waals surface area contributed by atoms with Crippen LogP contribution in [0.5, 0.6) is 0 Å². The van der Waals surface area contributed by atoms with Gasteiger partial charge in [-0.1, -0.05) is 13.3 Å². The summed E-state index contributed by atoms with van der Waals surface area (Å²) in [6.07, 6.45) is 5.05. The van der Waals surface area contributed by atoms with E-state index in [1.165, 1.54) is 12.0 Å². The van der Waals surface area contributed by atoms with Gasteiger partial charge >= 0.3 is 0 Å². The molecule has 2 rings (SSSR count). The van der Waals surface area contributed by atoms with Gasteiger partial charge in [-0.2, -0.15) is 11.3 Å². The monoisotopic (exact) mass is 364 g/mol. The molecule has 140 valence electrons. The third-order valence-electron chi connectivity index (χ3n) is 4.55. The molecule has 5 nitrogen and oxygen atoms in total. The van der Waals surface area contributed by atoms with Crippen LogP contribution in [0.15, 0.2) is 21.8 Å². The number of thiophene rings is 1. The van der Waals surface area contributed by atoms with E-state index < -0.39 is 0 Å². The van der Waals surface area contributed by atoms with Crippen molar-refractivity contribution in [3.05, 3.63) is 22.4 Å². The Bertz CT molecular complexity index is 530. The van der Waals surface area contributed by atoms with Crippen LogP contribution in [0.4, 0.5) is 0 Å². The van der Waals surface area contributed by atoms with Crippen molar-refractivity contribution < 1.29 is 4.79 Å². The zero-order valence-corrected chi connectivity index (χ0v) is 16.4. The second-order valence-corrected chi connectivity index (χ2v) is 7.43. The number of hydrogen-bond donors (Lipinski definition) is 2. The van der Waals surface area contributed by atoms with Crippen molar-refractivity contribution in [2.45, 2.75) is 51.9 Å².